The predicted octanol–water partition coefficient (Wildman–Crippen LogP) is 2.58. The van der Waals surface area contributed by atoms with Gasteiger partial charge in [-0.3, -0.25) is 0 Å². The molecule has 14 heavy (non-hydrogen) atoms. The maximum Gasteiger partial charge on any atom is 0.133 e. The Morgan fingerprint density at radius 2 is 2.07 bits per heavy atom. The molecule has 1 saturated heterocycles. The molecule has 2 nitrogen and oxygen atoms in total. The summed E-state index contributed by atoms with van der Waals surface area (Å²) in [4.78, 5) is 0. The number of nitrogens with one attached hydrogen (secondary N) is 1. The molecule has 1 aliphatic rings. The molecule has 0 saturated carbocycles. The van der Waals surface area contributed by atoms with Crippen molar-refractivity contribution >= 4 is 11.3 Å². The highest BCUT2D eigenvalue weighted by Crippen LogP contribution is 2.30. The first-order chi connectivity index (χ1) is 6.70. The van der Waals surface area contributed by atoms with Crippen molar-refractivity contribution in [2.45, 2.75) is 32.3 Å². The van der Waals surface area contributed by atoms with Crippen molar-refractivity contribution in [3.8, 4) is 5.75 Å². The lowest BCUT2D eigenvalue weighted by Crippen LogP contribution is -2.43. The summed E-state index contributed by atoms with van der Waals surface area (Å²) in [5.74, 6) is 1.07. The molecule has 1 aromatic heterocycles. The molecule has 0 bridgehead atoms. The Kier molecular flexibility index (Phi) is 2.79. The van der Waals surface area contributed by atoms with Crippen LogP contribution in [0.15, 0.2) is 10.8 Å². The van der Waals surface area contributed by atoms with Crippen molar-refractivity contribution in [1.82, 2.24) is 5.32 Å². The Morgan fingerprint density at radius 1 is 1.36 bits per heavy atom. The molecule has 1 N–H and O–H groups in total. The second-order valence-corrected chi connectivity index (χ2v) is 4.96. The summed E-state index contributed by atoms with van der Waals surface area (Å²) in [6, 6.07) is 0. The second kappa shape index (κ2) is 3.91. The van der Waals surface area contributed by atoms with Gasteiger partial charge in [-0.1, -0.05) is 0 Å². The molecule has 0 atom stereocenters. The van der Waals surface area contributed by atoms with Crippen molar-refractivity contribution in [2.24, 2.45) is 0 Å². The lowest BCUT2D eigenvalue weighted by Gasteiger charge is -2.34. The van der Waals surface area contributed by atoms with Gasteiger partial charge in [-0.25, -0.2) is 0 Å². The molecule has 0 amide bonds. The van der Waals surface area contributed by atoms with Crippen LogP contribution in [0.25, 0.3) is 0 Å². The quantitative estimate of drug-likeness (QED) is 0.812. The molecule has 0 unspecified atom stereocenters. The van der Waals surface area contributed by atoms with Crippen molar-refractivity contribution in [3.63, 3.8) is 0 Å². The standard InChI is InChI=1S/C11H17NOS/c1-9-7-14-8-10(9)13-11(2)3-5-12-6-4-11/h7-8,12H,3-6H2,1-2H3. The van der Waals surface area contributed by atoms with Crippen molar-refractivity contribution < 1.29 is 4.74 Å². The van der Waals surface area contributed by atoms with Crippen LogP contribution in [0.5, 0.6) is 5.75 Å². The molecule has 1 fully saturated rings. The zero-order chi connectivity index (χ0) is 10.0. The van der Waals surface area contributed by atoms with Crippen LogP contribution in [0, 0.1) is 6.92 Å². The Morgan fingerprint density at radius 3 is 2.64 bits per heavy atom. The van der Waals surface area contributed by atoms with Crippen molar-refractivity contribution in [1.29, 1.82) is 0 Å². The Labute approximate surface area is 89.3 Å². The van der Waals surface area contributed by atoms with Crippen molar-refractivity contribution in [3.05, 3.63) is 16.3 Å². The van der Waals surface area contributed by atoms with Gasteiger partial charge in [0.2, 0.25) is 0 Å². The van der Waals surface area contributed by atoms with E-state index in [-0.39, 0.29) is 5.60 Å². The summed E-state index contributed by atoms with van der Waals surface area (Å²) < 4.78 is 6.08. The molecule has 2 rings (SSSR count). The first kappa shape index (κ1) is 9.99. The molecule has 0 aliphatic carbocycles. The molecule has 78 valence electrons. The lowest BCUT2D eigenvalue weighted by molar-refractivity contribution is 0.0554. The summed E-state index contributed by atoms with van der Waals surface area (Å²) in [6.45, 7) is 6.46. The zero-order valence-electron chi connectivity index (χ0n) is 8.80. The summed E-state index contributed by atoms with van der Waals surface area (Å²) in [7, 11) is 0. The van der Waals surface area contributed by atoms with Gasteiger partial charge in [0.25, 0.3) is 0 Å². The highest BCUT2D eigenvalue weighted by Gasteiger charge is 2.29. The maximum absolute atomic E-state index is 6.08. The van der Waals surface area contributed by atoms with Gasteiger partial charge in [0.05, 0.1) is 0 Å². The molecular formula is C11H17NOS. The highest BCUT2D eigenvalue weighted by molar-refractivity contribution is 7.08. The maximum atomic E-state index is 6.08. The number of thiophene rings is 1. The summed E-state index contributed by atoms with van der Waals surface area (Å²) in [6.07, 6.45) is 2.20. The first-order valence-corrected chi connectivity index (χ1v) is 6.06. The van der Waals surface area contributed by atoms with Gasteiger partial charge < -0.3 is 10.1 Å². The van der Waals surface area contributed by atoms with Crippen LogP contribution in [0.1, 0.15) is 25.3 Å². The molecule has 0 spiro atoms. The minimum Gasteiger partial charge on any atom is -0.486 e. The average Bonchev–Trinajstić information content (AvgIpc) is 2.52. The molecule has 0 aromatic carbocycles. The molecule has 0 radical (unpaired) electrons. The summed E-state index contributed by atoms with van der Waals surface area (Å²) in [5, 5.41) is 7.60. The van der Waals surface area contributed by atoms with E-state index in [1.165, 1.54) is 5.56 Å². The minimum atomic E-state index is 0.0388. The van der Waals surface area contributed by atoms with Gasteiger partial charge in [-0.05, 0) is 45.2 Å². The Hall–Kier alpha value is -0.540. The molecule has 3 heteroatoms. The van der Waals surface area contributed by atoms with E-state index in [9.17, 15) is 0 Å². The largest absolute Gasteiger partial charge is 0.486 e. The number of aryl methyl sites for hydroxylation is 1. The van der Waals surface area contributed by atoms with E-state index in [0.29, 0.717) is 0 Å². The number of piperidine rings is 1. The van der Waals surface area contributed by atoms with E-state index in [1.54, 1.807) is 11.3 Å². The monoisotopic (exact) mass is 211 g/mol. The molecule has 2 heterocycles. The molecular weight excluding hydrogens is 194 g/mol. The fourth-order valence-electron chi connectivity index (χ4n) is 1.78. The topological polar surface area (TPSA) is 21.3 Å². The van der Waals surface area contributed by atoms with Crippen LogP contribution in [0.3, 0.4) is 0 Å². The third kappa shape index (κ3) is 2.10. The predicted molar refractivity (Wildman–Crippen MR) is 60.2 cm³/mol. The summed E-state index contributed by atoms with van der Waals surface area (Å²) >= 11 is 1.71. The van der Waals surface area contributed by atoms with Crippen LogP contribution in [0.2, 0.25) is 0 Å². The first-order valence-electron chi connectivity index (χ1n) is 5.12. The third-order valence-corrected chi connectivity index (χ3v) is 3.67. The van der Waals surface area contributed by atoms with Gasteiger partial charge in [0, 0.05) is 10.9 Å². The number of hydrogen-bond acceptors (Lipinski definition) is 3. The van der Waals surface area contributed by atoms with Gasteiger partial charge >= 0.3 is 0 Å². The van der Waals surface area contributed by atoms with Crippen LogP contribution in [-0.2, 0) is 0 Å². The summed E-state index contributed by atoms with van der Waals surface area (Å²) in [5.41, 5.74) is 1.30. The second-order valence-electron chi connectivity index (χ2n) is 4.22. The van der Waals surface area contributed by atoms with Crippen molar-refractivity contribution in [2.75, 3.05) is 13.1 Å². The Bertz CT molecular complexity index is 302. The van der Waals surface area contributed by atoms with Gasteiger partial charge in [-0.2, -0.15) is 0 Å². The van der Waals surface area contributed by atoms with Crippen LogP contribution < -0.4 is 10.1 Å². The van der Waals surface area contributed by atoms with Crippen LogP contribution in [-0.4, -0.2) is 18.7 Å². The van der Waals surface area contributed by atoms with E-state index in [2.05, 4.69) is 29.9 Å². The number of hydrogen-bond donors (Lipinski definition) is 1. The fourth-order valence-corrected chi connectivity index (χ4v) is 2.52. The van der Waals surface area contributed by atoms with Gasteiger partial charge in [0.1, 0.15) is 11.4 Å². The van der Waals surface area contributed by atoms with E-state index in [0.717, 1.165) is 31.7 Å². The smallest absolute Gasteiger partial charge is 0.133 e. The third-order valence-electron chi connectivity index (χ3n) is 2.83. The van der Waals surface area contributed by atoms with Gasteiger partial charge in [0.15, 0.2) is 0 Å². The van der Waals surface area contributed by atoms with E-state index < -0.39 is 0 Å². The normalized spacial score (nSPS) is 20.7. The number of ether oxygens (including phenoxy) is 1. The zero-order valence-corrected chi connectivity index (χ0v) is 9.62. The Balaban J connectivity index is 2.05. The SMILES string of the molecule is Cc1cscc1OC1(C)CCNCC1. The minimum absolute atomic E-state index is 0.0388. The highest BCUT2D eigenvalue weighted by atomic mass is 32.1. The molecule has 1 aromatic rings. The van der Waals surface area contributed by atoms with Crippen LogP contribution >= 0.6 is 11.3 Å². The molecule has 1 aliphatic heterocycles. The van der Waals surface area contributed by atoms with E-state index in [4.69, 9.17) is 4.74 Å². The fraction of sp³-hybridized carbons (Fsp3) is 0.636. The lowest BCUT2D eigenvalue weighted by atomic mass is 9.94. The van der Waals surface area contributed by atoms with Gasteiger partial charge in [-0.15, -0.1) is 11.3 Å². The number of rotatable bonds is 2. The van der Waals surface area contributed by atoms with E-state index >= 15 is 0 Å². The van der Waals surface area contributed by atoms with Crippen LogP contribution in [0.4, 0.5) is 0 Å². The van der Waals surface area contributed by atoms with E-state index in [1.807, 2.05) is 0 Å². The average molecular weight is 211 g/mol.